The van der Waals surface area contributed by atoms with Crippen LogP contribution in [0.1, 0.15) is 18.2 Å². The van der Waals surface area contributed by atoms with E-state index in [1.165, 1.54) is 12.3 Å². The second-order valence-corrected chi connectivity index (χ2v) is 7.14. The molecule has 0 unspecified atom stereocenters. The van der Waals surface area contributed by atoms with E-state index in [9.17, 15) is 9.18 Å². The van der Waals surface area contributed by atoms with Gasteiger partial charge in [0, 0.05) is 17.8 Å². The van der Waals surface area contributed by atoms with Gasteiger partial charge in [0.1, 0.15) is 5.76 Å². The first kappa shape index (κ1) is 18.1. The number of carbonyl (C=O) groups is 1. The lowest BCUT2D eigenvalue weighted by Gasteiger charge is -2.35. The smallest absolute Gasteiger partial charge is 0.230 e. The van der Waals surface area contributed by atoms with Crippen LogP contribution in [0, 0.1) is 5.82 Å². The number of carbonyl (C=O) groups excluding carboxylic acids is 1. The lowest BCUT2D eigenvalue weighted by Crippen LogP contribution is -2.43. The molecule has 0 aliphatic carbocycles. The number of nitrogens with zero attached hydrogens (tertiary/aromatic N) is 2. The van der Waals surface area contributed by atoms with Crippen LogP contribution in [0.25, 0.3) is 11.1 Å². The number of rotatable bonds is 5. The second-order valence-electron chi connectivity index (χ2n) is 7.14. The number of benzene rings is 1. The molecule has 144 valence electrons. The predicted octanol–water partition coefficient (Wildman–Crippen LogP) is 2.93. The molecular formula is C20H19FN4O3. The monoisotopic (exact) mass is 382 g/mol. The first-order chi connectivity index (χ1) is 13.4. The van der Waals surface area contributed by atoms with Gasteiger partial charge in [-0.2, -0.15) is 0 Å². The third-order valence-corrected chi connectivity index (χ3v) is 4.74. The van der Waals surface area contributed by atoms with Crippen molar-refractivity contribution in [3.8, 4) is 11.1 Å². The lowest BCUT2D eigenvalue weighted by atomic mass is 9.86. The number of nitrogen functional groups attached to an aromatic ring is 1. The average Bonchev–Trinajstić information content (AvgIpc) is 3.11. The van der Waals surface area contributed by atoms with Gasteiger partial charge in [-0.3, -0.25) is 4.79 Å². The normalized spacial score (nSPS) is 15.1. The van der Waals surface area contributed by atoms with Crippen molar-refractivity contribution < 1.29 is 18.4 Å². The van der Waals surface area contributed by atoms with E-state index in [1.807, 2.05) is 19.1 Å². The fourth-order valence-electron chi connectivity index (χ4n) is 2.96. The molecule has 28 heavy (non-hydrogen) atoms. The Morgan fingerprint density at radius 1 is 1.25 bits per heavy atom. The Morgan fingerprint density at radius 3 is 2.64 bits per heavy atom. The highest BCUT2D eigenvalue weighted by molar-refractivity contribution is 5.91. The van der Waals surface area contributed by atoms with Crippen LogP contribution >= 0.6 is 0 Å². The summed E-state index contributed by atoms with van der Waals surface area (Å²) in [5, 5.41) is 6.63. The molecule has 0 atom stereocenters. The summed E-state index contributed by atoms with van der Waals surface area (Å²) in [6.07, 6.45) is 1.69. The van der Waals surface area contributed by atoms with E-state index in [2.05, 4.69) is 15.5 Å². The van der Waals surface area contributed by atoms with Crippen molar-refractivity contribution in [1.29, 1.82) is 0 Å². The highest BCUT2D eigenvalue weighted by atomic mass is 19.1. The molecule has 7 nitrogen and oxygen atoms in total. The average molecular weight is 382 g/mol. The van der Waals surface area contributed by atoms with E-state index in [4.69, 9.17) is 15.0 Å². The molecule has 2 aromatic heterocycles. The number of halogens is 1. The molecule has 1 fully saturated rings. The van der Waals surface area contributed by atoms with Gasteiger partial charge in [0.05, 0.1) is 25.0 Å². The van der Waals surface area contributed by atoms with E-state index in [1.54, 1.807) is 18.2 Å². The standard InChI is InChI=1S/C20H19FN4O3/c1-20(10-27-11-20)16-8-17(25-28-16)24-18(26)6-12-2-4-13(5-3-12)14-7-15(21)19(22)23-9-14/h2-5,7-9H,6,10-11H2,1H3,(H2,22,23)(H,24,25,26). The number of aromatic nitrogens is 2. The summed E-state index contributed by atoms with van der Waals surface area (Å²) in [7, 11) is 0. The molecule has 3 heterocycles. The van der Waals surface area contributed by atoms with Crippen LogP contribution in [0.2, 0.25) is 0 Å². The molecular weight excluding hydrogens is 363 g/mol. The lowest BCUT2D eigenvalue weighted by molar-refractivity contribution is -0.115. The summed E-state index contributed by atoms with van der Waals surface area (Å²) in [6.45, 7) is 3.18. The molecule has 8 heteroatoms. The van der Waals surface area contributed by atoms with Gasteiger partial charge in [-0.1, -0.05) is 29.4 Å². The topological polar surface area (TPSA) is 103 Å². The molecule has 1 aromatic carbocycles. The van der Waals surface area contributed by atoms with Crippen LogP contribution in [0.5, 0.6) is 0 Å². The van der Waals surface area contributed by atoms with Crippen LogP contribution in [0.15, 0.2) is 47.1 Å². The highest BCUT2D eigenvalue weighted by Crippen LogP contribution is 2.32. The summed E-state index contributed by atoms with van der Waals surface area (Å²) in [6, 6.07) is 10.3. The van der Waals surface area contributed by atoms with Crippen LogP contribution in [0.4, 0.5) is 16.0 Å². The van der Waals surface area contributed by atoms with E-state index in [0.717, 1.165) is 11.1 Å². The zero-order valence-corrected chi connectivity index (χ0v) is 15.2. The Balaban J connectivity index is 1.39. The summed E-state index contributed by atoms with van der Waals surface area (Å²) in [5.41, 5.74) is 7.43. The predicted molar refractivity (Wildman–Crippen MR) is 101 cm³/mol. The van der Waals surface area contributed by atoms with Crippen LogP contribution in [-0.2, 0) is 21.4 Å². The zero-order chi connectivity index (χ0) is 19.7. The highest BCUT2D eigenvalue weighted by Gasteiger charge is 2.39. The molecule has 0 bridgehead atoms. The van der Waals surface area contributed by atoms with Gasteiger partial charge in [0.25, 0.3) is 0 Å². The number of pyridine rings is 1. The number of nitrogens with two attached hydrogens (primary N) is 1. The van der Waals surface area contributed by atoms with Gasteiger partial charge < -0.3 is 20.3 Å². The van der Waals surface area contributed by atoms with E-state index >= 15 is 0 Å². The summed E-state index contributed by atoms with van der Waals surface area (Å²) in [4.78, 5) is 16.1. The van der Waals surface area contributed by atoms with Gasteiger partial charge in [0.15, 0.2) is 17.5 Å². The molecule has 4 rings (SSSR count). The van der Waals surface area contributed by atoms with Gasteiger partial charge in [-0.25, -0.2) is 9.37 Å². The number of hydrogen-bond donors (Lipinski definition) is 2. The van der Waals surface area contributed by atoms with E-state index in [-0.39, 0.29) is 23.6 Å². The molecule has 3 N–H and O–H groups in total. The number of ether oxygens (including phenoxy) is 1. The fraction of sp³-hybridized carbons (Fsp3) is 0.250. The number of amides is 1. The largest absolute Gasteiger partial charge is 0.381 e. The molecule has 1 saturated heterocycles. The Morgan fingerprint density at radius 2 is 2.00 bits per heavy atom. The summed E-state index contributed by atoms with van der Waals surface area (Å²) < 4.78 is 24.1. The van der Waals surface area contributed by atoms with Crippen molar-refractivity contribution in [2.24, 2.45) is 0 Å². The van der Waals surface area contributed by atoms with Crippen LogP contribution in [0.3, 0.4) is 0 Å². The maximum absolute atomic E-state index is 13.6. The number of hydrogen-bond acceptors (Lipinski definition) is 6. The van der Waals surface area contributed by atoms with Crippen molar-refractivity contribution in [2.75, 3.05) is 24.3 Å². The van der Waals surface area contributed by atoms with Crippen LogP contribution in [-0.4, -0.2) is 29.3 Å². The van der Waals surface area contributed by atoms with Crippen LogP contribution < -0.4 is 11.1 Å². The third kappa shape index (κ3) is 3.59. The van der Waals surface area contributed by atoms with Crippen molar-refractivity contribution in [1.82, 2.24) is 10.1 Å². The van der Waals surface area contributed by atoms with E-state index in [0.29, 0.717) is 30.4 Å². The summed E-state index contributed by atoms with van der Waals surface area (Å²) >= 11 is 0. The number of anilines is 2. The first-order valence-electron chi connectivity index (χ1n) is 8.78. The maximum Gasteiger partial charge on any atom is 0.230 e. The molecule has 0 saturated carbocycles. The van der Waals surface area contributed by atoms with E-state index < -0.39 is 5.82 Å². The van der Waals surface area contributed by atoms with Crippen molar-refractivity contribution in [3.63, 3.8) is 0 Å². The molecule has 0 radical (unpaired) electrons. The minimum absolute atomic E-state index is 0.133. The number of nitrogens with one attached hydrogen (secondary N) is 1. The Hall–Kier alpha value is -3.26. The second kappa shape index (κ2) is 7.05. The Labute approximate surface area is 160 Å². The minimum Gasteiger partial charge on any atom is -0.381 e. The first-order valence-corrected chi connectivity index (χ1v) is 8.78. The van der Waals surface area contributed by atoms with Gasteiger partial charge >= 0.3 is 0 Å². The van der Waals surface area contributed by atoms with Crippen molar-refractivity contribution in [2.45, 2.75) is 18.8 Å². The zero-order valence-electron chi connectivity index (χ0n) is 15.2. The maximum atomic E-state index is 13.6. The van der Waals surface area contributed by atoms with Crippen molar-refractivity contribution in [3.05, 3.63) is 59.7 Å². The van der Waals surface area contributed by atoms with Crippen molar-refractivity contribution >= 4 is 17.5 Å². The minimum atomic E-state index is -0.560. The Bertz CT molecular complexity index is 1010. The fourth-order valence-corrected chi connectivity index (χ4v) is 2.96. The van der Waals surface area contributed by atoms with Gasteiger partial charge in [-0.05, 0) is 24.1 Å². The van der Waals surface area contributed by atoms with Gasteiger partial charge in [0.2, 0.25) is 5.91 Å². The molecule has 0 spiro atoms. The SMILES string of the molecule is CC1(c2cc(NC(=O)Cc3ccc(-c4cnc(N)c(F)c4)cc3)no2)COC1. The summed E-state index contributed by atoms with van der Waals surface area (Å²) in [5.74, 6) is 0.181. The molecule has 1 amide bonds. The third-order valence-electron chi connectivity index (χ3n) is 4.74. The van der Waals surface area contributed by atoms with Gasteiger partial charge in [-0.15, -0.1) is 0 Å². The Kier molecular flexibility index (Phi) is 4.56. The quantitative estimate of drug-likeness (QED) is 0.703. The molecule has 1 aliphatic heterocycles. The molecule has 3 aromatic rings. The molecule has 1 aliphatic rings.